The van der Waals surface area contributed by atoms with E-state index in [4.69, 9.17) is 27.7 Å². The zero-order valence-corrected chi connectivity index (χ0v) is 17.2. The Kier molecular flexibility index (Phi) is 6.84. The average molecular weight is 413 g/mol. The number of nitrogens with zero attached hydrogens (tertiary/aromatic N) is 3. The molecule has 9 heteroatoms. The molecule has 146 valence electrons. The standard InChI is InChI=1S/C18H22Cl2N4O3/c1-18(2,3)17-22-15(27-23-17)7-8-16(26)24(4)10-14(25)21-11-5-6-12(19)13(20)9-11/h5-6,9H,7-8,10H2,1-4H3,(H,21,25). The number of amides is 2. The van der Waals surface area contributed by atoms with Crippen LogP contribution in [0.1, 0.15) is 38.9 Å². The fraction of sp³-hybridized carbons (Fsp3) is 0.444. The van der Waals surface area contributed by atoms with Gasteiger partial charge in [0.05, 0.1) is 16.6 Å². The number of aromatic nitrogens is 2. The van der Waals surface area contributed by atoms with Crippen molar-refractivity contribution in [1.82, 2.24) is 15.0 Å². The Hall–Kier alpha value is -2.12. The number of likely N-dealkylation sites (N-methyl/N-ethyl adjacent to an activating group) is 1. The van der Waals surface area contributed by atoms with Crippen molar-refractivity contribution in [2.75, 3.05) is 18.9 Å². The first-order valence-corrected chi connectivity index (χ1v) is 9.14. The smallest absolute Gasteiger partial charge is 0.243 e. The fourth-order valence-corrected chi connectivity index (χ4v) is 2.44. The van der Waals surface area contributed by atoms with E-state index in [0.717, 1.165) is 0 Å². The molecule has 0 unspecified atom stereocenters. The van der Waals surface area contributed by atoms with Crippen molar-refractivity contribution in [1.29, 1.82) is 0 Å². The predicted octanol–water partition coefficient (Wildman–Crippen LogP) is 3.70. The molecule has 1 N–H and O–H groups in total. The number of hydrogen-bond acceptors (Lipinski definition) is 5. The highest BCUT2D eigenvalue weighted by atomic mass is 35.5. The van der Waals surface area contributed by atoms with Gasteiger partial charge in [-0.25, -0.2) is 0 Å². The molecule has 27 heavy (non-hydrogen) atoms. The lowest BCUT2D eigenvalue weighted by molar-refractivity contribution is -0.133. The summed E-state index contributed by atoms with van der Waals surface area (Å²) in [5.74, 6) is 0.466. The minimum atomic E-state index is -0.336. The van der Waals surface area contributed by atoms with E-state index >= 15 is 0 Å². The maximum absolute atomic E-state index is 12.2. The minimum Gasteiger partial charge on any atom is -0.339 e. The Bertz CT molecular complexity index is 830. The maximum atomic E-state index is 12.2. The molecule has 0 aliphatic rings. The van der Waals surface area contributed by atoms with Gasteiger partial charge in [0.25, 0.3) is 0 Å². The highest BCUT2D eigenvalue weighted by Gasteiger charge is 2.21. The molecule has 1 aromatic heterocycles. The molecule has 0 fully saturated rings. The molecule has 1 heterocycles. The third-order valence-corrected chi connectivity index (χ3v) is 4.44. The van der Waals surface area contributed by atoms with Crippen molar-refractivity contribution in [2.24, 2.45) is 0 Å². The monoisotopic (exact) mass is 412 g/mol. The molecule has 1 aromatic carbocycles. The zero-order valence-electron chi connectivity index (χ0n) is 15.7. The molecule has 2 amide bonds. The Balaban J connectivity index is 1.83. The summed E-state index contributed by atoms with van der Waals surface area (Å²) in [4.78, 5) is 29.9. The highest BCUT2D eigenvalue weighted by molar-refractivity contribution is 6.42. The predicted molar refractivity (Wildman–Crippen MR) is 104 cm³/mol. The summed E-state index contributed by atoms with van der Waals surface area (Å²) < 4.78 is 5.17. The van der Waals surface area contributed by atoms with E-state index in [1.54, 1.807) is 25.2 Å². The van der Waals surface area contributed by atoms with Gasteiger partial charge in [0.1, 0.15) is 0 Å². The van der Waals surface area contributed by atoms with Crippen LogP contribution in [0.4, 0.5) is 5.69 Å². The Morgan fingerprint density at radius 3 is 2.52 bits per heavy atom. The van der Waals surface area contributed by atoms with E-state index in [1.165, 1.54) is 4.90 Å². The summed E-state index contributed by atoms with van der Waals surface area (Å²) in [7, 11) is 1.56. The topological polar surface area (TPSA) is 88.3 Å². The average Bonchev–Trinajstić information content (AvgIpc) is 3.05. The fourth-order valence-electron chi connectivity index (χ4n) is 2.14. The molecule has 0 radical (unpaired) electrons. The number of hydrogen-bond donors (Lipinski definition) is 1. The van der Waals surface area contributed by atoms with E-state index in [9.17, 15) is 9.59 Å². The third-order valence-electron chi connectivity index (χ3n) is 3.70. The summed E-state index contributed by atoms with van der Waals surface area (Å²) in [6, 6.07) is 4.77. The van der Waals surface area contributed by atoms with E-state index in [1.807, 2.05) is 20.8 Å². The Morgan fingerprint density at radius 1 is 1.22 bits per heavy atom. The van der Waals surface area contributed by atoms with Crippen LogP contribution in [-0.2, 0) is 21.4 Å². The van der Waals surface area contributed by atoms with Crippen LogP contribution in [0.5, 0.6) is 0 Å². The largest absolute Gasteiger partial charge is 0.339 e. The number of aryl methyl sites for hydroxylation is 1. The van der Waals surface area contributed by atoms with Gasteiger partial charge in [-0.15, -0.1) is 0 Å². The van der Waals surface area contributed by atoms with Crippen LogP contribution >= 0.6 is 23.2 Å². The van der Waals surface area contributed by atoms with Crippen LogP contribution in [-0.4, -0.2) is 40.4 Å². The second kappa shape index (κ2) is 8.71. The van der Waals surface area contributed by atoms with Crippen LogP contribution in [0.2, 0.25) is 10.0 Å². The number of carbonyl (C=O) groups excluding carboxylic acids is 2. The second-order valence-electron chi connectivity index (χ2n) is 7.19. The van der Waals surface area contributed by atoms with Gasteiger partial charge in [0.2, 0.25) is 17.7 Å². The van der Waals surface area contributed by atoms with Gasteiger partial charge in [0.15, 0.2) is 5.82 Å². The van der Waals surface area contributed by atoms with E-state index in [0.29, 0.717) is 33.9 Å². The molecule has 0 saturated heterocycles. The molecule has 2 rings (SSSR count). The molecular weight excluding hydrogens is 391 g/mol. The Labute approximate surface area is 168 Å². The van der Waals surface area contributed by atoms with Gasteiger partial charge < -0.3 is 14.7 Å². The van der Waals surface area contributed by atoms with Gasteiger partial charge in [0, 0.05) is 31.0 Å². The zero-order chi connectivity index (χ0) is 20.2. The van der Waals surface area contributed by atoms with E-state index < -0.39 is 0 Å². The van der Waals surface area contributed by atoms with Crippen molar-refractivity contribution >= 4 is 40.7 Å². The lowest BCUT2D eigenvalue weighted by Gasteiger charge is -2.16. The van der Waals surface area contributed by atoms with E-state index in [2.05, 4.69) is 15.5 Å². The van der Waals surface area contributed by atoms with Crippen LogP contribution in [0.15, 0.2) is 22.7 Å². The molecule has 0 saturated carbocycles. The molecule has 2 aromatic rings. The first-order valence-electron chi connectivity index (χ1n) is 8.38. The highest BCUT2D eigenvalue weighted by Crippen LogP contribution is 2.25. The van der Waals surface area contributed by atoms with Crippen molar-refractivity contribution < 1.29 is 14.1 Å². The van der Waals surface area contributed by atoms with Crippen molar-refractivity contribution in [3.8, 4) is 0 Å². The lowest BCUT2D eigenvalue weighted by Crippen LogP contribution is -2.35. The normalized spacial score (nSPS) is 11.3. The van der Waals surface area contributed by atoms with Crippen LogP contribution in [0, 0.1) is 0 Å². The summed E-state index contributed by atoms with van der Waals surface area (Å²) in [5.41, 5.74) is 0.293. The molecule has 0 atom stereocenters. The molecular formula is C18H22Cl2N4O3. The summed E-state index contributed by atoms with van der Waals surface area (Å²) in [6.07, 6.45) is 0.489. The molecule has 7 nitrogen and oxygen atoms in total. The van der Waals surface area contributed by atoms with Crippen molar-refractivity contribution in [2.45, 2.75) is 39.0 Å². The number of benzene rings is 1. The number of rotatable bonds is 6. The number of carbonyl (C=O) groups is 2. The summed E-state index contributed by atoms with van der Waals surface area (Å²) >= 11 is 11.8. The minimum absolute atomic E-state index is 0.0871. The molecule has 0 bridgehead atoms. The summed E-state index contributed by atoms with van der Waals surface area (Å²) in [5, 5.41) is 7.34. The van der Waals surface area contributed by atoms with E-state index in [-0.39, 0.29) is 30.2 Å². The maximum Gasteiger partial charge on any atom is 0.243 e. The van der Waals surface area contributed by atoms with Crippen molar-refractivity contribution in [3.63, 3.8) is 0 Å². The van der Waals surface area contributed by atoms with Gasteiger partial charge in [-0.2, -0.15) is 4.98 Å². The first-order chi connectivity index (χ1) is 12.6. The molecule has 0 aliphatic carbocycles. The SMILES string of the molecule is CN(CC(=O)Nc1ccc(Cl)c(Cl)c1)C(=O)CCc1nc(C(C)(C)C)no1. The number of nitrogens with one attached hydrogen (secondary N) is 1. The molecule has 0 aliphatic heterocycles. The van der Waals surface area contributed by atoms with Gasteiger partial charge in [-0.1, -0.05) is 49.1 Å². The molecule has 0 spiro atoms. The van der Waals surface area contributed by atoms with Crippen LogP contribution < -0.4 is 5.32 Å². The van der Waals surface area contributed by atoms with Gasteiger partial charge in [-0.3, -0.25) is 9.59 Å². The number of halogens is 2. The van der Waals surface area contributed by atoms with Gasteiger partial charge >= 0.3 is 0 Å². The Morgan fingerprint density at radius 2 is 1.93 bits per heavy atom. The van der Waals surface area contributed by atoms with Crippen LogP contribution in [0.3, 0.4) is 0 Å². The first kappa shape index (κ1) is 21.2. The number of anilines is 1. The van der Waals surface area contributed by atoms with Crippen molar-refractivity contribution in [3.05, 3.63) is 40.0 Å². The van der Waals surface area contributed by atoms with Gasteiger partial charge in [-0.05, 0) is 18.2 Å². The lowest BCUT2D eigenvalue weighted by atomic mass is 9.96. The quantitative estimate of drug-likeness (QED) is 0.780. The van der Waals surface area contributed by atoms with Crippen LogP contribution in [0.25, 0.3) is 0 Å². The summed E-state index contributed by atoms with van der Waals surface area (Å²) in [6.45, 7) is 5.85. The third kappa shape index (κ3) is 6.22. The second-order valence-corrected chi connectivity index (χ2v) is 8.00.